The van der Waals surface area contributed by atoms with Gasteiger partial charge in [0.2, 0.25) is 11.6 Å². The second-order valence-electron chi connectivity index (χ2n) is 8.58. The van der Waals surface area contributed by atoms with Crippen molar-refractivity contribution in [2.75, 3.05) is 0 Å². The van der Waals surface area contributed by atoms with Crippen molar-refractivity contribution in [3.8, 4) is 0 Å². The van der Waals surface area contributed by atoms with Crippen LogP contribution in [0.3, 0.4) is 0 Å². The number of aliphatic hydroxyl groups is 1. The molecule has 1 atom stereocenters. The van der Waals surface area contributed by atoms with Crippen LogP contribution in [-0.2, 0) is 15.0 Å². The minimum atomic E-state index is -0.820. The third kappa shape index (κ3) is 3.75. The van der Waals surface area contributed by atoms with Gasteiger partial charge in [0.05, 0.1) is 5.41 Å². The van der Waals surface area contributed by atoms with Gasteiger partial charge in [0.1, 0.15) is 5.76 Å². The van der Waals surface area contributed by atoms with Gasteiger partial charge in [-0.25, -0.2) is 0 Å². The summed E-state index contributed by atoms with van der Waals surface area (Å²) in [5, 5.41) is 13.5. The number of carbonyl (C=O) groups is 3. The van der Waals surface area contributed by atoms with Gasteiger partial charge in [-0.1, -0.05) is 60.7 Å². The van der Waals surface area contributed by atoms with E-state index < -0.39 is 17.0 Å². The molecule has 5 nitrogen and oxygen atoms in total. The van der Waals surface area contributed by atoms with Crippen LogP contribution >= 0.6 is 0 Å². The number of allylic oxidation sites excluding steroid dienone is 4. The number of aliphatic hydroxyl groups excluding tert-OH is 1. The molecule has 1 fully saturated rings. The summed E-state index contributed by atoms with van der Waals surface area (Å²) in [6, 6.07) is 15.9. The molecule has 2 N–H and O–H groups in total. The molecule has 0 aromatic heterocycles. The molecule has 5 heteroatoms. The topological polar surface area (TPSA) is 83.5 Å². The number of hydrogen-bond donors (Lipinski definition) is 2. The number of hydrogen-bond acceptors (Lipinski definition) is 5. The molecule has 1 aliphatic carbocycles. The summed E-state index contributed by atoms with van der Waals surface area (Å²) in [4.78, 5) is 37.7. The molecule has 0 saturated carbocycles. The molecule has 0 radical (unpaired) electrons. The highest BCUT2D eigenvalue weighted by Crippen LogP contribution is 2.48. The summed E-state index contributed by atoms with van der Waals surface area (Å²) in [7, 11) is 0. The molecule has 2 aliphatic rings. The van der Waals surface area contributed by atoms with Crippen molar-refractivity contribution in [3.63, 3.8) is 0 Å². The van der Waals surface area contributed by atoms with E-state index in [0.29, 0.717) is 23.2 Å². The first-order chi connectivity index (χ1) is 14.7. The largest absolute Gasteiger partial charge is 0.507 e. The monoisotopic (exact) mass is 413 g/mol. The number of benzene rings is 2. The molecule has 31 heavy (non-hydrogen) atoms. The maximum Gasteiger partial charge on any atom is 0.229 e. The van der Waals surface area contributed by atoms with E-state index in [0.717, 1.165) is 11.6 Å². The van der Waals surface area contributed by atoms with Gasteiger partial charge in [0, 0.05) is 34.5 Å². The summed E-state index contributed by atoms with van der Waals surface area (Å²) in [5.41, 5.74) is 1.38. The van der Waals surface area contributed by atoms with Crippen LogP contribution in [0.4, 0.5) is 0 Å². The smallest absolute Gasteiger partial charge is 0.229 e. The van der Waals surface area contributed by atoms with Gasteiger partial charge in [0.25, 0.3) is 0 Å². The first-order valence-corrected chi connectivity index (χ1v) is 10.1. The van der Waals surface area contributed by atoms with E-state index in [9.17, 15) is 19.5 Å². The fourth-order valence-electron chi connectivity index (χ4n) is 4.44. The molecule has 2 aromatic carbocycles. The zero-order chi connectivity index (χ0) is 22.2. The van der Waals surface area contributed by atoms with Crippen molar-refractivity contribution < 1.29 is 19.5 Å². The van der Waals surface area contributed by atoms with Crippen LogP contribution < -0.4 is 5.32 Å². The molecule has 1 saturated heterocycles. The van der Waals surface area contributed by atoms with E-state index >= 15 is 0 Å². The van der Waals surface area contributed by atoms with Gasteiger partial charge in [-0.05, 0) is 31.9 Å². The number of carbonyl (C=O) groups excluding carboxylic acids is 3. The van der Waals surface area contributed by atoms with Gasteiger partial charge >= 0.3 is 0 Å². The molecule has 156 valence electrons. The summed E-state index contributed by atoms with van der Waals surface area (Å²) >= 11 is 0. The average Bonchev–Trinajstić information content (AvgIpc) is 3.01. The predicted octanol–water partition coefficient (Wildman–Crippen LogP) is 4.07. The van der Waals surface area contributed by atoms with Crippen LogP contribution in [0.25, 0.3) is 5.76 Å². The van der Waals surface area contributed by atoms with Crippen LogP contribution in [0, 0.1) is 0 Å². The normalized spacial score (nSPS) is 23.0. The molecule has 1 heterocycles. The molecule has 1 unspecified atom stereocenters. The number of fused-ring (bicyclic) bond motifs is 2. The fraction of sp³-hybridized carbons (Fsp3) is 0.192. The van der Waals surface area contributed by atoms with E-state index in [1.807, 2.05) is 38.1 Å². The standard InChI is InChI=1S/C26H23NO4/c1-25(2)16-26(13-12-20(28)18-10-6-7-11-19(18)26)24(27-25)15-23(31)22(30)14-21(29)17-8-4-3-5-9-17/h3-15,27,29H,16H2,1-2H3/b21-14-,24-15-. The summed E-state index contributed by atoms with van der Waals surface area (Å²) in [5.74, 6) is -1.91. The average molecular weight is 413 g/mol. The molecule has 0 amide bonds. The Morgan fingerprint density at radius 3 is 2.42 bits per heavy atom. The highest BCUT2D eigenvalue weighted by Gasteiger charge is 2.49. The lowest BCUT2D eigenvalue weighted by molar-refractivity contribution is -0.131. The lowest BCUT2D eigenvalue weighted by atomic mass is 9.69. The van der Waals surface area contributed by atoms with Crippen LogP contribution in [0.2, 0.25) is 0 Å². The summed E-state index contributed by atoms with van der Waals surface area (Å²) in [6.45, 7) is 4.02. The first kappa shape index (κ1) is 20.5. The third-order valence-electron chi connectivity index (χ3n) is 5.72. The maximum atomic E-state index is 12.8. The molecule has 1 aliphatic heterocycles. The molecule has 0 bridgehead atoms. The number of ketones is 3. The zero-order valence-corrected chi connectivity index (χ0v) is 17.4. The predicted molar refractivity (Wildman–Crippen MR) is 119 cm³/mol. The Labute approximate surface area is 180 Å². The van der Waals surface area contributed by atoms with Crippen LogP contribution in [-0.4, -0.2) is 28.0 Å². The van der Waals surface area contributed by atoms with Crippen molar-refractivity contribution in [1.29, 1.82) is 0 Å². The Morgan fingerprint density at radius 2 is 1.68 bits per heavy atom. The molecular weight excluding hydrogens is 390 g/mol. The van der Waals surface area contributed by atoms with E-state index in [4.69, 9.17) is 0 Å². The van der Waals surface area contributed by atoms with Crippen molar-refractivity contribution in [2.45, 2.75) is 31.2 Å². The highest BCUT2D eigenvalue weighted by molar-refractivity contribution is 6.46. The van der Waals surface area contributed by atoms with E-state index in [-0.39, 0.29) is 17.1 Å². The number of nitrogens with one attached hydrogen (secondary N) is 1. The Kier molecular flexibility index (Phi) is 4.97. The van der Waals surface area contributed by atoms with Crippen molar-refractivity contribution >= 4 is 23.1 Å². The molecule has 2 aromatic rings. The summed E-state index contributed by atoms with van der Waals surface area (Å²) in [6.07, 6.45) is 6.21. The quantitative estimate of drug-likeness (QED) is 0.449. The Morgan fingerprint density at radius 1 is 1.00 bits per heavy atom. The van der Waals surface area contributed by atoms with Crippen LogP contribution in [0.5, 0.6) is 0 Å². The van der Waals surface area contributed by atoms with Gasteiger partial charge in [-0.15, -0.1) is 0 Å². The molecule has 1 spiro atoms. The minimum Gasteiger partial charge on any atom is -0.507 e. The lowest BCUT2D eigenvalue weighted by Gasteiger charge is -2.32. The Bertz CT molecular complexity index is 1170. The van der Waals surface area contributed by atoms with Gasteiger partial charge < -0.3 is 10.4 Å². The Balaban J connectivity index is 1.72. The zero-order valence-electron chi connectivity index (χ0n) is 17.4. The van der Waals surface area contributed by atoms with E-state index in [1.54, 1.807) is 36.4 Å². The Hall–Kier alpha value is -3.73. The van der Waals surface area contributed by atoms with E-state index in [2.05, 4.69) is 5.32 Å². The van der Waals surface area contributed by atoms with E-state index in [1.165, 1.54) is 12.2 Å². The summed E-state index contributed by atoms with van der Waals surface area (Å²) < 4.78 is 0. The second-order valence-corrected chi connectivity index (χ2v) is 8.58. The maximum absolute atomic E-state index is 12.8. The van der Waals surface area contributed by atoms with Crippen LogP contribution in [0.15, 0.2) is 84.6 Å². The van der Waals surface area contributed by atoms with Gasteiger partial charge in [-0.2, -0.15) is 0 Å². The SMILES string of the molecule is CC1(C)CC2(C=CC(=O)c3ccccc32)/C(=C/C(=O)C(=O)/C=C(\O)c2ccccc2)N1. The van der Waals surface area contributed by atoms with Crippen molar-refractivity contribution in [2.24, 2.45) is 0 Å². The lowest BCUT2D eigenvalue weighted by Crippen LogP contribution is -2.31. The second kappa shape index (κ2) is 7.51. The number of rotatable bonds is 4. The molecular formula is C26H23NO4. The third-order valence-corrected chi connectivity index (χ3v) is 5.72. The van der Waals surface area contributed by atoms with Gasteiger partial charge in [-0.3, -0.25) is 14.4 Å². The minimum absolute atomic E-state index is 0.0802. The van der Waals surface area contributed by atoms with Crippen molar-refractivity contribution in [3.05, 3.63) is 101 Å². The fourth-order valence-corrected chi connectivity index (χ4v) is 4.44. The molecule has 4 rings (SSSR count). The highest BCUT2D eigenvalue weighted by atomic mass is 16.3. The van der Waals surface area contributed by atoms with Crippen LogP contribution in [0.1, 0.15) is 41.8 Å². The first-order valence-electron chi connectivity index (χ1n) is 10.1. The van der Waals surface area contributed by atoms with Crippen molar-refractivity contribution in [1.82, 2.24) is 5.32 Å². The van der Waals surface area contributed by atoms with Gasteiger partial charge in [0.15, 0.2) is 5.78 Å².